The molecule has 2 fully saturated rings. The number of amides is 3. The quantitative estimate of drug-likeness (QED) is 0.603. The number of benzene rings is 2. The van der Waals surface area contributed by atoms with Gasteiger partial charge in [0, 0.05) is 23.8 Å². The van der Waals surface area contributed by atoms with E-state index in [0.29, 0.717) is 10.7 Å². The number of carbonyl (C=O) groups excluding carboxylic acids is 2. The average Bonchev–Trinajstić information content (AvgIpc) is 2.97. The van der Waals surface area contributed by atoms with Crippen LogP contribution in [0.2, 0.25) is 5.02 Å². The molecule has 0 saturated carbocycles. The zero-order valence-corrected chi connectivity index (χ0v) is 16.5. The van der Waals surface area contributed by atoms with Crippen molar-refractivity contribution in [2.24, 2.45) is 0 Å². The second-order valence-corrected chi connectivity index (χ2v) is 7.63. The minimum Gasteiger partial charge on any atom is -0.372 e. The van der Waals surface area contributed by atoms with Gasteiger partial charge in [0.2, 0.25) is 0 Å². The summed E-state index contributed by atoms with van der Waals surface area (Å²) < 4.78 is 0. The predicted octanol–water partition coefficient (Wildman–Crippen LogP) is 4.74. The summed E-state index contributed by atoms with van der Waals surface area (Å²) in [6.07, 6.45) is 5.49. The highest BCUT2D eigenvalue weighted by molar-refractivity contribution is 6.32. The van der Waals surface area contributed by atoms with Crippen LogP contribution in [0.1, 0.15) is 30.4 Å². The maximum absolute atomic E-state index is 12.8. The van der Waals surface area contributed by atoms with Crippen molar-refractivity contribution in [1.82, 2.24) is 5.32 Å². The number of anilines is 2. The second-order valence-electron chi connectivity index (χ2n) is 7.20. The van der Waals surface area contributed by atoms with Crippen molar-refractivity contribution >= 4 is 41.0 Å². The van der Waals surface area contributed by atoms with Crippen LogP contribution in [0, 0.1) is 6.92 Å². The molecule has 0 spiro atoms. The zero-order valence-electron chi connectivity index (χ0n) is 15.7. The highest BCUT2D eigenvalue weighted by Gasteiger charge is 2.35. The SMILES string of the molecule is Cc1cc(N2CCCCC2)ccc1/C=C1\NC(=O)N(c2cccc(Cl)c2)C1=O. The first-order valence-electron chi connectivity index (χ1n) is 9.51. The fraction of sp³-hybridized carbons (Fsp3) is 0.273. The van der Waals surface area contributed by atoms with E-state index in [0.717, 1.165) is 29.1 Å². The van der Waals surface area contributed by atoms with Crippen molar-refractivity contribution in [3.63, 3.8) is 0 Å². The Kier molecular flexibility index (Phi) is 5.09. The van der Waals surface area contributed by atoms with Crippen LogP contribution in [0.3, 0.4) is 0 Å². The van der Waals surface area contributed by atoms with Crippen molar-refractivity contribution in [2.45, 2.75) is 26.2 Å². The van der Waals surface area contributed by atoms with Crippen molar-refractivity contribution in [3.8, 4) is 0 Å². The van der Waals surface area contributed by atoms with Gasteiger partial charge in [-0.2, -0.15) is 0 Å². The number of nitrogens with one attached hydrogen (secondary N) is 1. The minimum absolute atomic E-state index is 0.263. The molecular formula is C22H22ClN3O2. The molecule has 144 valence electrons. The molecule has 3 amide bonds. The summed E-state index contributed by atoms with van der Waals surface area (Å²) >= 11 is 6.00. The van der Waals surface area contributed by atoms with E-state index in [9.17, 15) is 9.59 Å². The van der Waals surface area contributed by atoms with Crippen LogP contribution in [0.4, 0.5) is 16.2 Å². The lowest BCUT2D eigenvalue weighted by Gasteiger charge is -2.29. The Morgan fingerprint density at radius 1 is 1.00 bits per heavy atom. The van der Waals surface area contributed by atoms with Crippen LogP contribution in [0.15, 0.2) is 48.2 Å². The Hall–Kier alpha value is -2.79. The van der Waals surface area contributed by atoms with Crippen LogP contribution in [0.5, 0.6) is 0 Å². The topological polar surface area (TPSA) is 52.7 Å². The summed E-state index contributed by atoms with van der Waals surface area (Å²) in [5.41, 5.74) is 3.91. The molecule has 2 saturated heterocycles. The standard InChI is InChI=1S/C22H22ClN3O2/c1-15-12-18(25-10-3-2-4-11-25)9-8-16(15)13-20-21(27)26(22(28)24-20)19-7-5-6-17(23)14-19/h5-9,12-14H,2-4,10-11H2,1H3,(H,24,28)/b20-13-. The first kappa shape index (κ1) is 18.6. The third-order valence-corrected chi connectivity index (χ3v) is 5.45. The third-order valence-electron chi connectivity index (χ3n) is 5.22. The van der Waals surface area contributed by atoms with Gasteiger partial charge in [0.05, 0.1) is 5.69 Å². The molecule has 2 aliphatic rings. The summed E-state index contributed by atoms with van der Waals surface area (Å²) in [5.74, 6) is -0.383. The maximum Gasteiger partial charge on any atom is 0.333 e. The first-order valence-corrected chi connectivity index (χ1v) is 9.89. The van der Waals surface area contributed by atoms with Crippen LogP contribution in [-0.2, 0) is 4.79 Å². The van der Waals surface area contributed by atoms with Gasteiger partial charge in [0.15, 0.2) is 0 Å². The third kappa shape index (κ3) is 3.62. The van der Waals surface area contributed by atoms with Gasteiger partial charge in [-0.15, -0.1) is 0 Å². The molecule has 0 aliphatic carbocycles. The van der Waals surface area contributed by atoms with Crippen LogP contribution < -0.4 is 15.1 Å². The van der Waals surface area contributed by atoms with Gasteiger partial charge in [0.1, 0.15) is 5.70 Å². The maximum atomic E-state index is 12.8. The van der Waals surface area contributed by atoms with Crippen molar-refractivity contribution in [1.29, 1.82) is 0 Å². The van der Waals surface area contributed by atoms with E-state index in [1.807, 2.05) is 13.0 Å². The Labute approximate surface area is 169 Å². The summed E-state index contributed by atoms with van der Waals surface area (Å²) in [5, 5.41) is 3.14. The Morgan fingerprint density at radius 3 is 2.50 bits per heavy atom. The van der Waals surface area contributed by atoms with Gasteiger partial charge in [-0.05, 0) is 73.7 Å². The Balaban J connectivity index is 1.59. The number of piperidine rings is 1. The molecule has 2 heterocycles. The van der Waals surface area contributed by atoms with E-state index in [4.69, 9.17) is 11.6 Å². The summed E-state index contributed by atoms with van der Waals surface area (Å²) in [4.78, 5) is 28.6. The molecular weight excluding hydrogens is 374 g/mol. The molecule has 2 aliphatic heterocycles. The normalized spacial score (nSPS) is 18.7. The number of aryl methyl sites for hydroxylation is 1. The molecule has 0 aromatic heterocycles. The Bertz CT molecular complexity index is 964. The molecule has 2 aromatic carbocycles. The molecule has 0 atom stereocenters. The molecule has 4 rings (SSSR count). The lowest BCUT2D eigenvalue weighted by atomic mass is 10.0. The summed E-state index contributed by atoms with van der Waals surface area (Å²) in [6.45, 7) is 4.20. The zero-order chi connectivity index (χ0) is 19.7. The van der Waals surface area contributed by atoms with E-state index in [2.05, 4.69) is 22.3 Å². The molecule has 0 radical (unpaired) electrons. The number of hydrogen-bond donors (Lipinski definition) is 1. The summed E-state index contributed by atoms with van der Waals surface area (Å²) in [7, 11) is 0. The molecule has 2 aromatic rings. The number of rotatable bonds is 3. The Morgan fingerprint density at radius 2 is 1.79 bits per heavy atom. The van der Waals surface area contributed by atoms with Crippen molar-refractivity contribution < 1.29 is 9.59 Å². The van der Waals surface area contributed by atoms with Crippen LogP contribution >= 0.6 is 11.6 Å². The van der Waals surface area contributed by atoms with Gasteiger partial charge in [-0.3, -0.25) is 4.79 Å². The minimum atomic E-state index is -0.471. The number of carbonyl (C=O) groups is 2. The molecule has 1 N–H and O–H groups in total. The fourth-order valence-electron chi connectivity index (χ4n) is 3.71. The van der Waals surface area contributed by atoms with Gasteiger partial charge in [0.25, 0.3) is 5.91 Å². The monoisotopic (exact) mass is 395 g/mol. The molecule has 0 bridgehead atoms. The van der Waals surface area contributed by atoms with Crippen molar-refractivity contribution in [2.75, 3.05) is 22.9 Å². The van der Waals surface area contributed by atoms with Gasteiger partial charge in [-0.1, -0.05) is 23.7 Å². The number of halogens is 1. The van der Waals surface area contributed by atoms with Crippen molar-refractivity contribution in [3.05, 3.63) is 64.3 Å². The van der Waals surface area contributed by atoms with Gasteiger partial charge >= 0.3 is 6.03 Å². The molecule has 5 nitrogen and oxygen atoms in total. The predicted molar refractivity (Wildman–Crippen MR) is 113 cm³/mol. The van der Waals surface area contributed by atoms with E-state index < -0.39 is 6.03 Å². The molecule has 28 heavy (non-hydrogen) atoms. The van der Waals surface area contributed by atoms with E-state index in [1.54, 1.807) is 30.3 Å². The van der Waals surface area contributed by atoms with Crippen LogP contribution in [-0.4, -0.2) is 25.0 Å². The lowest BCUT2D eigenvalue weighted by molar-refractivity contribution is -0.113. The number of nitrogens with zero attached hydrogens (tertiary/aromatic N) is 2. The number of imide groups is 1. The first-order chi connectivity index (χ1) is 13.5. The summed E-state index contributed by atoms with van der Waals surface area (Å²) in [6, 6.07) is 12.5. The van der Waals surface area contributed by atoms with E-state index >= 15 is 0 Å². The number of hydrogen-bond acceptors (Lipinski definition) is 3. The molecule has 6 heteroatoms. The van der Waals surface area contributed by atoms with E-state index in [1.165, 1.54) is 24.9 Å². The second kappa shape index (κ2) is 7.68. The van der Waals surface area contributed by atoms with Gasteiger partial charge < -0.3 is 10.2 Å². The lowest BCUT2D eigenvalue weighted by Crippen LogP contribution is -2.30. The average molecular weight is 396 g/mol. The largest absolute Gasteiger partial charge is 0.372 e. The number of urea groups is 1. The van der Waals surface area contributed by atoms with Gasteiger partial charge in [-0.25, -0.2) is 9.69 Å². The highest BCUT2D eigenvalue weighted by atomic mass is 35.5. The highest BCUT2D eigenvalue weighted by Crippen LogP contribution is 2.27. The fourth-order valence-corrected chi connectivity index (χ4v) is 3.90. The molecule has 0 unspecified atom stereocenters. The van der Waals surface area contributed by atoms with Crippen LogP contribution in [0.25, 0.3) is 6.08 Å². The van der Waals surface area contributed by atoms with E-state index in [-0.39, 0.29) is 11.6 Å². The smallest absolute Gasteiger partial charge is 0.333 e.